The van der Waals surface area contributed by atoms with E-state index in [1.807, 2.05) is 17.5 Å². The summed E-state index contributed by atoms with van der Waals surface area (Å²) in [5.74, 6) is 0.183. The molecule has 0 aromatic carbocycles. The molecule has 0 aliphatic heterocycles. The van der Waals surface area contributed by atoms with Crippen LogP contribution in [0.25, 0.3) is 0 Å². The highest BCUT2D eigenvalue weighted by Gasteiger charge is 2.12. The number of thiophene rings is 1. The van der Waals surface area contributed by atoms with Gasteiger partial charge in [0.1, 0.15) is 11.4 Å². The molecule has 0 bridgehead atoms. The number of aromatic nitrogens is 2. The van der Waals surface area contributed by atoms with E-state index in [4.69, 9.17) is 5.73 Å². The van der Waals surface area contributed by atoms with Gasteiger partial charge in [-0.3, -0.25) is 9.48 Å². The fourth-order valence-corrected chi connectivity index (χ4v) is 1.94. The van der Waals surface area contributed by atoms with Crippen LogP contribution in [0.3, 0.4) is 0 Å². The van der Waals surface area contributed by atoms with E-state index in [1.165, 1.54) is 10.9 Å². The smallest absolute Gasteiger partial charge is 0.256 e. The van der Waals surface area contributed by atoms with E-state index >= 15 is 0 Å². The summed E-state index contributed by atoms with van der Waals surface area (Å²) in [5, 5.41) is 8.68. The van der Waals surface area contributed by atoms with Gasteiger partial charge in [-0.2, -0.15) is 5.10 Å². The second-order valence-electron chi connectivity index (χ2n) is 3.33. The number of carbonyl (C=O) groups excluding carboxylic acids is 1. The Morgan fingerprint density at radius 1 is 1.69 bits per heavy atom. The third-order valence-electron chi connectivity index (χ3n) is 2.23. The maximum Gasteiger partial charge on any atom is 0.256 e. The van der Waals surface area contributed by atoms with Crippen molar-refractivity contribution in [2.45, 2.75) is 6.54 Å². The van der Waals surface area contributed by atoms with Crippen molar-refractivity contribution < 1.29 is 4.79 Å². The zero-order valence-corrected chi connectivity index (χ0v) is 9.62. The molecule has 0 aliphatic carbocycles. The first kappa shape index (κ1) is 10.7. The van der Waals surface area contributed by atoms with Gasteiger partial charge in [0.15, 0.2) is 0 Å². The standard InChI is InChI=1S/C10H12N4OS/c1-14-9(11)8(6-13-14)10(15)12-5-7-3-2-4-16-7/h2-4,6H,5,11H2,1H3,(H,12,15). The Kier molecular flexibility index (Phi) is 2.91. The molecule has 5 nitrogen and oxygen atoms in total. The predicted octanol–water partition coefficient (Wildman–Crippen LogP) is 0.994. The number of rotatable bonds is 3. The summed E-state index contributed by atoms with van der Waals surface area (Å²) >= 11 is 1.60. The first-order chi connectivity index (χ1) is 7.68. The molecule has 6 heteroatoms. The maximum absolute atomic E-state index is 11.7. The molecule has 2 aromatic heterocycles. The zero-order valence-electron chi connectivity index (χ0n) is 8.80. The van der Waals surface area contributed by atoms with E-state index in [9.17, 15) is 4.79 Å². The number of anilines is 1. The normalized spacial score (nSPS) is 10.3. The number of nitrogens with zero attached hydrogens (tertiary/aromatic N) is 2. The van der Waals surface area contributed by atoms with E-state index in [1.54, 1.807) is 18.4 Å². The fraction of sp³-hybridized carbons (Fsp3) is 0.200. The van der Waals surface area contributed by atoms with Crippen molar-refractivity contribution in [3.8, 4) is 0 Å². The average molecular weight is 236 g/mol. The molecule has 16 heavy (non-hydrogen) atoms. The van der Waals surface area contributed by atoms with Gasteiger partial charge in [-0.25, -0.2) is 0 Å². The Morgan fingerprint density at radius 3 is 3.06 bits per heavy atom. The van der Waals surface area contributed by atoms with Crippen molar-refractivity contribution in [2.24, 2.45) is 7.05 Å². The first-order valence-electron chi connectivity index (χ1n) is 4.76. The van der Waals surface area contributed by atoms with Crippen molar-refractivity contribution in [2.75, 3.05) is 5.73 Å². The second kappa shape index (κ2) is 4.36. The lowest BCUT2D eigenvalue weighted by Gasteiger charge is -2.02. The van der Waals surface area contributed by atoms with Gasteiger partial charge >= 0.3 is 0 Å². The molecule has 3 N–H and O–H groups in total. The van der Waals surface area contributed by atoms with Gasteiger partial charge in [-0.15, -0.1) is 11.3 Å². The summed E-state index contributed by atoms with van der Waals surface area (Å²) in [5.41, 5.74) is 6.11. The molecule has 1 amide bonds. The SMILES string of the molecule is Cn1ncc(C(=O)NCc2cccs2)c1N. The molecule has 0 saturated heterocycles. The molecule has 2 rings (SSSR count). The molecule has 0 atom stereocenters. The minimum atomic E-state index is -0.195. The van der Waals surface area contributed by atoms with E-state index < -0.39 is 0 Å². The highest BCUT2D eigenvalue weighted by Crippen LogP contribution is 2.11. The number of nitrogens with two attached hydrogens (primary N) is 1. The topological polar surface area (TPSA) is 72.9 Å². The van der Waals surface area contributed by atoms with Crippen molar-refractivity contribution in [3.63, 3.8) is 0 Å². The van der Waals surface area contributed by atoms with Crippen LogP contribution in [0.4, 0.5) is 5.82 Å². The quantitative estimate of drug-likeness (QED) is 0.834. The lowest BCUT2D eigenvalue weighted by molar-refractivity contribution is 0.0952. The van der Waals surface area contributed by atoms with Crippen molar-refractivity contribution in [1.82, 2.24) is 15.1 Å². The fourth-order valence-electron chi connectivity index (χ4n) is 1.30. The summed E-state index contributed by atoms with van der Waals surface area (Å²) in [6.45, 7) is 0.519. The number of carbonyl (C=O) groups is 1. The van der Waals surface area contributed by atoms with E-state index in [0.717, 1.165) is 4.88 Å². The number of nitrogen functional groups attached to an aromatic ring is 1. The van der Waals surface area contributed by atoms with Crippen molar-refractivity contribution >= 4 is 23.1 Å². The van der Waals surface area contributed by atoms with Crippen LogP contribution in [0.2, 0.25) is 0 Å². The Morgan fingerprint density at radius 2 is 2.50 bits per heavy atom. The summed E-state index contributed by atoms with van der Waals surface area (Å²) < 4.78 is 1.47. The summed E-state index contributed by atoms with van der Waals surface area (Å²) in [6, 6.07) is 3.92. The molecule has 0 unspecified atom stereocenters. The molecule has 84 valence electrons. The highest BCUT2D eigenvalue weighted by molar-refractivity contribution is 7.09. The Labute approximate surface area is 96.9 Å². The van der Waals surface area contributed by atoms with Crippen LogP contribution >= 0.6 is 11.3 Å². The highest BCUT2D eigenvalue weighted by atomic mass is 32.1. The van der Waals surface area contributed by atoms with Crippen LogP contribution in [0.5, 0.6) is 0 Å². The molecule has 0 saturated carbocycles. The number of aryl methyl sites for hydroxylation is 1. The summed E-state index contributed by atoms with van der Waals surface area (Å²) in [7, 11) is 1.70. The summed E-state index contributed by atoms with van der Waals surface area (Å²) in [6.07, 6.45) is 1.47. The van der Waals surface area contributed by atoms with E-state index in [2.05, 4.69) is 10.4 Å². The van der Waals surface area contributed by atoms with Crippen LogP contribution in [0, 0.1) is 0 Å². The molecule has 2 aromatic rings. The van der Waals surface area contributed by atoms with Gasteiger partial charge in [-0.1, -0.05) is 6.07 Å². The third kappa shape index (κ3) is 2.06. The van der Waals surface area contributed by atoms with Crippen molar-refractivity contribution in [1.29, 1.82) is 0 Å². The molecule has 0 radical (unpaired) electrons. The average Bonchev–Trinajstić information content (AvgIpc) is 2.88. The predicted molar refractivity (Wildman–Crippen MR) is 63.1 cm³/mol. The van der Waals surface area contributed by atoms with Crippen LogP contribution in [-0.4, -0.2) is 15.7 Å². The monoisotopic (exact) mass is 236 g/mol. The minimum absolute atomic E-state index is 0.195. The Balaban J connectivity index is 2.01. The number of amides is 1. The first-order valence-corrected chi connectivity index (χ1v) is 5.64. The summed E-state index contributed by atoms with van der Waals surface area (Å²) in [4.78, 5) is 12.8. The van der Waals surface area contributed by atoms with E-state index in [0.29, 0.717) is 17.9 Å². The molecule has 0 fully saturated rings. The largest absolute Gasteiger partial charge is 0.383 e. The number of hydrogen-bond acceptors (Lipinski definition) is 4. The molecule has 0 aliphatic rings. The number of nitrogens with one attached hydrogen (secondary N) is 1. The Hall–Kier alpha value is -1.82. The zero-order chi connectivity index (χ0) is 11.5. The van der Waals surface area contributed by atoms with E-state index in [-0.39, 0.29) is 5.91 Å². The molecule has 0 spiro atoms. The van der Waals surface area contributed by atoms with Crippen LogP contribution in [-0.2, 0) is 13.6 Å². The van der Waals surface area contributed by atoms with Crippen LogP contribution in [0.15, 0.2) is 23.7 Å². The van der Waals surface area contributed by atoms with Gasteiger partial charge in [0, 0.05) is 11.9 Å². The third-order valence-corrected chi connectivity index (χ3v) is 3.11. The van der Waals surface area contributed by atoms with Gasteiger partial charge in [0.2, 0.25) is 0 Å². The van der Waals surface area contributed by atoms with Crippen LogP contribution < -0.4 is 11.1 Å². The van der Waals surface area contributed by atoms with Crippen LogP contribution in [0.1, 0.15) is 15.2 Å². The van der Waals surface area contributed by atoms with Gasteiger partial charge in [0.05, 0.1) is 12.7 Å². The molecule has 2 heterocycles. The maximum atomic E-state index is 11.7. The van der Waals surface area contributed by atoms with Gasteiger partial charge < -0.3 is 11.1 Å². The lowest BCUT2D eigenvalue weighted by Crippen LogP contribution is -2.23. The van der Waals surface area contributed by atoms with Crippen molar-refractivity contribution in [3.05, 3.63) is 34.2 Å². The molecular weight excluding hydrogens is 224 g/mol. The lowest BCUT2D eigenvalue weighted by atomic mass is 10.3. The minimum Gasteiger partial charge on any atom is -0.383 e. The Bertz CT molecular complexity index is 489. The van der Waals surface area contributed by atoms with Gasteiger partial charge in [0.25, 0.3) is 5.91 Å². The second-order valence-corrected chi connectivity index (χ2v) is 4.36. The molecular formula is C10H12N4OS. The van der Waals surface area contributed by atoms with Gasteiger partial charge in [-0.05, 0) is 11.4 Å². The number of hydrogen-bond donors (Lipinski definition) is 2.